The van der Waals surface area contributed by atoms with Crippen LogP contribution in [-0.2, 0) is 20.6 Å². The molecule has 0 unspecified atom stereocenters. The van der Waals surface area contributed by atoms with Gasteiger partial charge in [0, 0.05) is 25.9 Å². The smallest absolute Gasteiger partial charge is 0.151 e. The van der Waals surface area contributed by atoms with Gasteiger partial charge in [-0.05, 0) is 19.9 Å². The van der Waals surface area contributed by atoms with Gasteiger partial charge in [0.15, 0.2) is 5.82 Å². The van der Waals surface area contributed by atoms with Crippen molar-refractivity contribution < 1.29 is 0 Å². The molecule has 0 saturated carbocycles. The maximum Gasteiger partial charge on any atom is 0.151 e. The van der Waals surface area contributed by atoms with Crippen LogP contribution in [0.2, 0.25) is 0 Å². The Hall–Kier alpha value is -1.49. The third-order valence-electron chi connectivity index (χ3n) is 2.55. The summed E-state index contributed by atoms with van der Waals surface area (Å²) in [4.78, 5) is 0. The lowest BCUT2D eigenvalue weighted by molar-refractivity contribution is 0.710. The minimum atomic E-state index is 0. The predicted octanol–water partition coefficient (Wildman–Crippen LogP) is 1.80. The second kappa shape index (κ2) is 5.23. The highest BCUT2D eigenvalue weighted by molar-refractivity contribution is 5.85. The molecule has 0 bridgehead atoms. The third kappa shape index (κ3) is 3.00. The molecule has 2 rings (SSSR count). The monoisotopic (exact) mass is 255 g/mol. The van der Waals surface area contributed by atoms with Gasteiger partial charge in [0.1, 0.15) is 0 Å². The highest BCUT2D eigenvalue weighted by Gasteiger charge is 2.05. The number of nitrogens with one attached hydrogen (secondary N) is 1. The summed E-state index contributed by atoms with van der Waals surface area (Å²) in [6.45, 7) is 4.79. The topological polar surface area (TPSA) is 47.7 Å². The van der Waals surface area contributed by atoms with Gasteiger partial charge in [0.05, 0.1) is 17.9 Å². The predicted molar refractivity (Wildman–Crippen MR) is 70.5 cm³/mol. The highest BCUT2D eigenvalue weighted by atomic mass is 35.5. The summed E-state index contributed by atoms with van der Waals surface area (Å²) in [7, 11) is 3.88. The van der Waals surface area contributed by atoms with Crippen molar-refractivity contribution in [2.75, 3.05) is 5.32 Å². The van der Waals surface area contributed by atoms with E-state index in [1.807, 2.05) is 43.5 Å². The maximum atomic E-state index is 4.34. The second-order valence-corrected chi connectivity index (χ2v) is 4.09. The van der Waals surface area contributed by atoms with Gasteiger partial charge in [0.2, 0.25) is 0 Å². The minimum absolute atomic E-state index is 0. The summed E-state index contributed by atoms with van der Waals surface area (Å²) in [6.07, 6.45) is 2.00. The molecule has 0 fully saturated rings. The van der Waals surface area contributed by atoms with E-state index in [4.69, 9.17) is 0 Å². The molecule has 0 aliphatic rings. The molecule has 17 heavy (non-hydrogen) atoms. The molecule has 0 amide bonds. The first kappa shape index (κ1) is 13.6. The number of rotatable bonds is 3. The molecule has 2 aromatic rings. The van der Waals surface area contributed by atoms with E-state index in [0.717, 1.165) is 29.3 Å². The molecular weight excluding hydrogens is 238 g/mol. The van der Waals surface area contributed by atoms with E-state index in [2.05, 4.69) is 21.6 Å². The van der Waals surface area contributed by atoms with Gasteiger partial charge in [0.25, 0.3) is 0 Å². The molecule has 0 spiro atoms. The summed E-state index contributed by atoms with van der Waals surface area (Å²) in [5, 5.41) is 12.0. The Balaban J connectivity index is 0.00000144. The van der Waals surface area contributed by atoms with Crippen LogP contribution >= 0.6 is 12.4 Å². The summed E-state index contributed by atoms with van der Waals surface area (Å²) in [5.41, 5.74) is 3.35. The first-order chi connectivity index (χ1) is 7.56. The number of halogens is 1. The van der Waals surface area contributed by atoms with Gasteiger partial charge in [-0.1, -0.05) is 0 Å². The van der Waals surface area contributed by atoms with E-state index in [9.17, 15) is 0 Å². The Morgan fingerprint density at radius 1 is 1.24 bits per heavy atom. The van der Waals surface area contributed by atoms with E-state index < -0.39 is 0 Å². The van der Waals surface area contributed by atoms with Crippen molar-refractivity contribution in [3.8, 4) is 0 Å². The van der Waals surface area contributed by atoms with Crippen LogP contribution in [0.1, 0.15) is 17.0 Å². The first-order valence-electron chi connectivity index (χ1n) is 5.30. The molecule has 6 heteroatoms. The minimum Gasteiger partial charge on any atom is -0.363 e. The molecule has 5 nitrogen and oxygen atoms in total. The van der Waals surface area contributed by atoms with Crippen molar-refractivity contribution >= 4 is 18.2 Å². The SMILES string of the molecule is Cc1cc(CNc2nn(C)cc2C)n(C)n1.Cl. The van der Waals surface area contributed by atoms with Crippen LogP contribution in [0.4, 0.5) is 5.82 Å². The van der Waals surface area contributed by atoms with Crippen molar-refractivity contribution in [1.29, 1.82) is 0 Å². The number of aromatic nitrogens is 4. The van der Waals surface area contributed by atoms with E-state index >= 15 is 0 Å². The van der Waals surface area contributed by atoms with E-state index in [0.29, 0.717) is 0 Å². The molecule has 0 aromatic carbocycles. The summed E-state index contributed by atoms with van der Waals surface area (Å²) >= 11 is 0. The second-order valence-electron chi connectivity index (χ2n) is 4.09. The van der Waals surface area contributed by atoms with E-state index in [-0.39, 0.29) is 12.4 Å². The van der Waals surface area contributed by atoms with Gasteiger partial charge in [-0.25, -0.2) is 0 Å². The zero-order valence-corrected chi connectivity index (χ0v) is 11.4. The quantitative estimate of drug-likeness (QED) is 0.910. The molecule has 0 saturated heterocycles. The Kier molecular flexibility index (Phi) is 4.17. The Bertz CT molecular complexity index is 454. The molecule has 0 aliphatic carbocycles. The molecule has 2 aromatic heterocycles. The zero-order chi connectivity index (χ0) is 11.7. The Labute approximate surface area is 107 Å². The van der Waals surface area contributed by atoms with Crippen LogP contribution in [0, 0.1) is 13.8 Å². The molecular formula is C11H18ClN5. The Morgan fingerprint density at radius 2 is 1.94 bits per heavy atom. The number of hydrogen-bond donors (Lipinski definition) is 1. The van der Waals surface area contributed by atoms with Crippen molar-refractivity contribution in [3.05, 3.63) is 29.2 Å². The maximum absolute atomic E-state index is 4.34. The number of aryl methyl sites for hydroxylation is 4. The van der Waals surface area contributed by atoms with Crippen LogP contribution in [0.25, 0.3) is 0 Å². The van der Waals surface area contributed by atoms with Crippen molar-refractivity contribution in [3.63, 3.8) is 0 Å². The fourth-order valence-corrected chi connectivity index (χ4v) is 1.79. The fourth-order valence-electron chi connectivity index (χ4n) is 1.79. The lowest BCUT2D eigenvalue weighted by Gasteiger charge is -2.04. The van der Waals surface area contributed by atoms with Crippen molar-refractivity contribution in [2.24, 2.45) is 14.1 Å². The lowest BCUT2D eigenvalue weighted by atomic mass is 10.3. The van der Waals surface area contributed by atoms with Gasteiger partial charge in [-0.2, -0.15) is 10.2 Å². The average molecular weight is 256 g/mol. The molecule has 2 heterocycles. The standard InChI is InChI=1S/C11H17N5.ClH/c1-8-7-15(3)14-11(8)12-6-10-5-9(2)13-16(10)4;/h5,7H,6H2,1-4H3,(H,12,14);1H. The van der Waals surface area contributed by atoms with Gasteiger partial charge in [-0.3, -0.25) is 9.36 Å². The number of anilines is 1. The summed E-state index contributed by atoms with van der Waals surface area (Å²) < 4.78 is 3.70. The molecule has 0 aliphatic heterocycles. The van der Waals surface area contributed by atoms with Crippen LogP contribution in [0.3, 0.4) is 0 Å². The van der Waals surface area contributed by atoms with E-state index in [1.165, 1.54) is 0 Å². The molecule has 1 N–H and O–H groups in total. The van der Waals surface area contributed by atoms with Gasteiger partial charge < -0.3 is 5.32 Å². The van der Waals surface area contributed by atoms with Crippen LogP contribution in [0.5, 0.6) is 0 Å². The largest absolute Gasteiger partial charge is 0.363 e. The third-order valence-corrected chi connectivity index (χ3v) is 2.55. The first-order valence-corrected chi connectivity index (χ1v) is 5.30. The molecule has 0 atom stereocenters. The van der Waals surface area contributed by atoms with E-state index in [1.54, 1.807) is 0 Å². The Morgan fingerprint density at radius 3 is 2.41 bits per heavy atom. The summed E-state index contributed by atoms with van der Waals surface area (Å²) in [6, 6.07) is 2.07. The molecule has 0 radical (unpaired) electrons. The average Bonchev–Trinajstić information content (AvgIpc) is 2.66. The van der Waals surface area contributed by atoms with Gasteiger partial charge in [-0.15, -0.1) is 12.4 Å². The van der Waals surface area contributed by atoms with Crippen molar-refractivity contribution in [2.45, 2.75) is 20.4 Å². The molecule has 94 valence electrons. The van der Waals surface area contributed by atoms with Crippen LogP contribution < -0.4 is 5.32 Å². The van der Waals surface area contributed by atoms with Gasteiger partial charge >= 0.3 is 0 Å². The lowest BCUT2D eigenvalue weighted by Crippen LogP contribution is -2.06. The number of nitrogens with zero attached hydrogens (tertiary/aromatic N) is 4. The van der Waals surface area contributed by atoms with Crippen LogP contribution in [0.15, 0.2) is 12.3 Å². The fraction of sp³-hybridized carbons (Fsp3) is 0.455. The van der Waals surface area contributed by atoms with Crippen LogP contribution in [-0.4, -0.2) is 19.6 Å². The zero-order valence-electron chi connectivity index (χ0n) is 10.6. The normalized spacial score (nSPS) is 10.1. The summed E-state index contributed by atoms with van der Waals surface area (Å²) in [5.74, 6) is 0.932. The number of hydrogen-bond acceptors (Lipinski definition) is 3. The highest BCUT2D eigenvalue weighted by Crippen LogP contribution is 2.12. The van der Waals surface area contributed by atoms with Crippen molar-refractivity contribution in [1.82, 2.24) is 19.6 Å².